The molecule has 1 heterocycles. The first-order valence-electron chi connectivity index (χ1n) is 12.7. The first-order valence-corrected chi connectivity index (χ1v) is 12.7. The number of anilines is 1. The molecule has 1 aliphatic heterocycles. The highest BCUT2D eigenvalue weighted by atomic mass is 16.2. The van der Waals surface area contributed by atoms with Gasteiger partial charge in [-0.25, -0.2) is 0 Å². The number of rotatable bonds is 8. The summed E-state index contributed by atoms with van der Waals surface area (Å²) in [7, 11) is 0. The van der Waals surface area contributed by atoms with Crippen LogP contribution in [-0.4, -0.2) is 41.9 Å². The maximum atomic E-state index is 13.2. The van der Waals surface area contributed by atoms with E-state index in [9.17, 15) is 10.1 Å². The number of piperazine rings is 1. The number of carbonyl (C=O) groups excluding carboxylic acids is 1. The summed E-state index contributed by atoms with van der Waals surface area (Å²) in [6.07, 6.45) is 2.58. The summed E-state index contributed by atoms with van der Waals surface area (Å²) in [6, 6.07) is 31.3. The van der Waals surface area contributed by atoms with Gasteiger partial charge in [0.05, 0.1) is 6.04 Å². The smallest absolute Gasteiger partial charge is 0.266 e. The lowest BCUT2D eigenvalue weighted by Gasteiger charge is -2.39. The molecule has 1 amide bonds. The number of carbonyl (C=O) groups is 1. The minimum Gasteiger partial charge on any atom is -0.360 e. The average molecular weight is 479 g/mol. The van der Waals surface area contributed by atoms with Gasteiger partial charge in [-0.15, -0.1) is 0 Å². The van der Waals surface area contributed by atoms with E-state index in [1.165, 1.54) is 16.7 Å². The van der Waals surface area contributed by atoms with Crippen molar-refractivity contribution in [1.29, 1.82) is 5.26 Å². The van der Waals surface area contributed by atoms with Gasteiger partial charge in [0.15, 0.2) is 0 Å². The molecule has 0 bridgehead atoms. The molecule has 1 unspecified atom stereocenters. The third-order valence-electron chi connectivity index (χ3n) is 7.02. The molecule has 0 aromatic heterocycles. The molecule has 1 saturated heterocycles. The summed E-state index contributed by atoms with van der Waals surface area (Å²) in [5.74, 6) is 0.167. The molecule has 5 heteroatoms. The lowest BCUT2D eigenvalue weighted by Crippen LogP contribution is -2.50. The Kier molecular flexibility index (Phi) is 8.54. The summed E-state index contributed by atoms with van der Waals surface area (Å²) < 4.78 is 0. The summed E-state index contributed by atoms with van der Waals surface area (Å²) in [6.45, 7) is 6.97. The van der Waals surface area contributed by atoms with Gasteiger partial charge < -0.3 is 10.2 Å². The first kappa shape index (κ1) is 25.2. The van der Waals surface area contributed by atoms with Crippen molar-refractivity contribution < 1.29 is 4.79 Å². The van der Waals surface area contributed by atoms with Crippen LogP contribution in [0.4, 0.5) is 5.69 Å². The quantitative estimate of drug-likeness (QED) is 0.321. The van der Waals surface area contributed by atoms with Crippen LogP contribution in [0, 0.1) is 11.3 Å². The number of nitrogens with zero attached hydrogens (tertiary/aromatic N) is 3. The predicted octanol–water partition coefficient (Wildman–Crippen LogP) is 5.95. The van der Waals surface area contributed by atoms with Gasteiger partial charge in [0.2, 0.25) is 0 Å². The monoisotopic (exact) mass is 478 g/mol. The number of nitriles is 1. The van der Waals surface area contributed by atoms with Crippen molar-refractivity contribution in [3.63, 3.8) is 0 Å². The van der Waals surface area contributed by atoms with Gasteiger partial charge in [0.1, 0.15) is 11.6 Å². The summed E-state index contributed by atoms with van der Waals surface area (Å²) in [5, 5.41) is 13.0. The number of amides is 1. The van der Waals surface area contributed by atoms with Gasteiger partial charge in [0.25, 0.3) is 5.91 Å². The lowest BCUT2D eigenvalue weighted by molar-refractivity contribution is -0.128. The highest BCUT2D eigenvalue weighted by Gasteiger charge is 2.29. The van der Waals surface area contributed by atoms with E-state index in [2.05, 4.69) is 84.7 Å². The molecule has 0 saturated carbocycles. The van der Waals surface area contributed by atoms with E-state index in [4.69, 9.17) is 0 Å². The van der Waals surface area contributed by atoms with Crippen LogP contribution in [0.1, 0.15) is 48.9 Å². The largest absolute Gasteiger partial charge is 0.360 e. The van der Waals surface area contributed by atoms with Gasteiger partial charge in [0, 0.05) is 38.1 Å². The van der Waals surface area contributed by atoms with Crippen molar-refractivity contribution in [3.8, 4) is 6.07 Å². The van der Waals surface area contributed by atoms with Crippen LogP contribution in [-0.2, 0) is 4.79 Å². The van der Waals surface area contributed by atoms with E-state index < -0.39 is 0 Å². The van der Waals surface area contributed by atoms with Gasteiger partial charge in [-0.1, -0.05) is 92.7 Å². The van der Waals surface area contributed by atoms with Crippen LogP contribution in [0.3, 0.4) is 0 Å². The SMILES string of the molecule is CCC(C)c1ccccc1N/C=C(/C#N)C(=O)N1CCN(C(c2ccccc2)c2ccccc2)CC1. The van der Waals surface area contributed by atoms with Crippen LogP contribution >= 0.6 is 0 Å². The van der Waals surface area contributed by atoms with Gasteiger partial charge in [-0.3, -0.25) is 9.69 Å². The van der Waals surface area contributed by atoms with Crippen molar-refractivity contribution in [2.45, 2.75) is 32.2 Å². The molecule has 36 heavy (non-hydrogen) atoms. The molecule has 0 aliphatic carbocycles. The molecular formula is C31H34N4O. The molecule has 3 aromatic rings. The fourth-order valence-corrected chi connectivity index (χ4v) is 4.81. The zero-order valence-corrected chi connectivity index (χ0v) is 21.1. The standard InChI is InChI=1S/C31H34N4O/c1-3-24(2)28-16-10-11-17-29(28)33-23-27(22-32)31(36)35-20-18-34(19-21-35)30(25-12-6-4-7-13-25)26-14-8-5-9-15-26/h4-17,23-24,30,33H,3,18-21H2,1-2H3/b27-23-. The molecule has 0 spiro atoms. The minimum atomic E-state index is -0.221. The third kappa shape index (κ3) is 5.84. The zero-order chi connectivity index (χ0) is 25.3. The van der Waals surface area contributed by atoms with Gasteiger partial charge in [-0.05, 0) is 35.1 Å². The molecule has 1 fully saturated rings. The van der Waals surface area contributed by atoms with Gasteiger partial charge in [-0.2, -0.15) is 5.26 Å². The van der Waals surface area contributed by atoms with E-state index in [0.717, 1.165) is 25.2 Å². The summed E-state index contributed by atoms with van der Waals surface area (Å²) in [4.78, 5) is 17.4. The second-order valence-electron chi connectivity index (χ2n) is 9.26. The van der Waals surface area contributed by atoms with Crippen LogP contribution < -0.4 is 5.32 Å². The Morgan fingerprint density at radius 2 is 1.47 bits per heavy atom. The Bertz CT molecular complexity index is 1170. The Balaban J connectivity index is 1.45. The molecule has 1 N–H and O–H groups in total. The van der Waals surface area contributed by atoms with E-state index >= 15 is 0 Å². The Morgan fingerprint density at radius 1 is 0.917 bits per heavy atom. The molecule has 5 nitrogen and oxygen atoms in total. The van der Waals surface area contributed by atoms with Crippen LogP contribution in [0.25, 0.3) is 0 Å². The van der Waals surface area contributed by atoms with Crippen LogP contribution in [0.2, 0.25) is 0 Å². The molecule has 4 rings (SSSR count). The summed E-state index contributed by atoms with van der Waals surface area (Å²) in [5.41, 5.74) is 4.73. The highest BCUT2D eigenvalue weighted by Crippen LogP contribution is 2.30. The van der Waals surface area contributed by atoms with Crippen molar-refractivity contribution in [3.05, 3.63) is 113 Å². The van der Waals surface area contributed by atoms with E-state index in [1.54, 1.807) is 11.1 Å². The van der Waals surface area contributed by atoms with Crippen molar-refractivity contribution >= 4 is 11.6 Å². The topological polar surface area (TPSA) is 59.4 Å². The number of para-hydroxylation sites is 1. The Hall–Kier alpha value is -3.88. The highest BCUT2D eigenvalue weighted by molar-refractivity contribution is 5.97. The predicted molar refractivity (Wildman–Crippen MR) is 145 cm³/mol. The second-order valence-corrected chi connectivity index (χ2v) is 9.26. The second kappa shape index (κ2) is 12.2. The number of hydrogen-bond donors (Lipinski definition) is 1. The molecule has 1 atom stereocenters. The number of nitrogens with one attached hydrogen (secondary N) is 1. The first-order chi connectivity index (χ1) is 17.6. The average Bonchev–Trinajstić information content (AvgIpc) is 2.95. The van der Waals surface area contributed by atoms with Crippen LogP contribution in [0.15, 0.2) is 96.7 Å². The van der Waals surface area contributed by atoms with Crippen LogP contribution in [0.5, 0.6) is 0 Å². The number of hydrogen-bond acceptors (Lipinski definition) is 4. The van der Waals surface area contributed by atoms with Crippen molar-refractivity contribution in [2.24, 2.45) is 0 Å². The minimum absolute atomic E-state index is 0.130. The van der Waals surface area contributed by atoms with Crippen molar-refractivity contribution in [1.82, 2.24) is 9.80 Å². The maximum absolute atomic E-state index is 13.2. The van der Waals surface area contributed by atoms with Gasteiger partial charge >= 0.3 is 0 Å². The fourth-order valence-electron chi connectivity index (χ4n) is 4.81. The lowest BCUT2D eigenvalue weighted by atomic mass is 9.96. The van der Waals surface area contributed by atoms with E-state index in [-0.39, 0.29) is 17.5 Å². The zero-order valence-electron chi connectivity index (χ0n) is 21.1. The van der Waals surface area contributed by atoms with Crippen molar-refractivity contribution in [2.75, 3.05) is 31.5 Å². The fraction of sp³-hybridized carbons (Fsp3) is 0.290. The number of benzene rings is 3. The van der Waals surface area contributed by atoms with E-state index in [0.29, 0.717) is 19.0 Å². The third-order valence-corrected chi connectivity index (χ3v) is 7.02. The Labute approximate surface area is 214 Å². The molecule has 1 aliphatic rings. The van der Waals surface area contributed by atoms with E-state index in [1.807, 2.05) is 30.3 Å². The molecule has 184 valence electrons. The molecular weight excluding hydrogens is 444 g/mol. The summed E-state index contributed by atoms with van der Waals surface area (Å²) >= 11 is 0. The normalized spacial score (nSPS) is 15.4. The molecule has 3 aromatic carbocycles. The maximum Gasteiger partial charge on any atom is 0.266 e. The Morgan fingerprint density at radius 3 is 2.03 bits per heavy atom. The molecule has 0 radical (unpaired) electrons.